The lowest BCUT2D eigenvalue weighted by Gasteiger charge is -2.23. The zero-order chi connectivity index (χ0) is 21.9. The largest absolute Gasteiger partial charge is 0.357 e. The van der Waals surface area contributed by atoms with Crippen LogP contribution in [0.3, 0.4) is 0 Å². The summed E-state index contributed by atoms with van der Waals surface area (Å²) in [5.41, 5.74) is 4.23. The highest BCUT2D eigenvalue weighted by atomic mass is 127. The summed E-state index contributed by atoms with van der Waals surface area (Å²) < 4.78 is 0. The molecule has 0 fully saturated rings. The molecule has 0 unspecified atom stereocenters. The van der Waals surface area contributed by atoms with Crippen molar-refractivity contribution in [2.45, 2.75) is 26.9 Å². The molecule has 31 heavy (non-hydrogen) atoms. The van der Waals surface area contributed by atoms with Crippen LogP contribution in [0.1, 0.15) is 34.0 Å². The van der Waals surface area contributed by atoms with Gasteiger partial charge in [0.1, 0.15) is 0 Å². The smallest absolute Gasteiger partial charge is 0.251 e. The first kappa shape index (κ1) is 26.9. The number of aliphatic imine (C=N–C) groups is 1. The van der Waals surface area contributed by atoms with Gasteiger partial charge in [0.25, 0.3) is 5.91 Å². The minimum absolute atomic E-state index is 0. The van der Waals surface area contributed by atoms with Gasteiger partial charge < -0.3 is 20.4 Å². The van der Waals surface area contributed by atoms with Crippen LogP contribution in [0.15, 0.2) is 53.5 Å². The summed E-state index contributed by atoms with van der Waals surface area (Å²) >= 11 is 0. The van der Waals surface area contributed by atoms with Crippen molar-refractivity contribution in [1.82, 2.24) is 20.4 Å². The van der Waals surface area contributed by atoms with Gasteiger partial charge in [0.2, 0.25) is 0 Å². The van der Waals surface area contributed by atoms with E-state index in [2.05, 4.69) is 53.6 Å². The highest BCUT2D eigenvalue weighted by Crippen LogP contribution is 2.11. The van der Waals surface area contributed by atoms with Crippen molar-refractivity contribution in [1.29, 1.82) is 0 Å². The first-order valence-corrected chi connectivity index (χ1v) is 10.5. The van der Waals surface area contributed by atoms with Crippen molar-refractivity contribution >= 4 is 35.8 Å². The predicted octanol–water partition coefficient (Wildman–Crippen LogP) is 3.50. The van der Waals surface area contributed by atoms with Gasteiger partial charge in [0.15, 0.2) is 5.96 Å². The molecule has 0 aliphatic rings. The van der Waals surface area contributed by atoms with Gasteiger partial charge in [-0.2, -0.15) is 0 Å². The minimum atomic E-state index is -0.0498. The van der Waals surface area contributed by atoms with Crippen LogP contribution in [0.25, 0.3) is 0 Å². The Morgan fingerprint density at radius 1 is 1.03 bits per heavy atom. The van der Waals surface area contributed by atoms with Crippen molar-refractivity contribution in [2.24, 2.45) is 4.99 Å². The lowest BCUT2D eigenvalue weighted by atomic mass is 10.1. The Balaban J connectivity index is 0.00000480. The third-order valence-electron chi connectivity index (χ3n) is 4.81. The van der Waals surface area contributed by atoms with E-state index in [-0.39, 0.29) is 29.9 Å². The summed E-state index contributed by atoms with van der Waals surface area (Å²) in [6.45, 7) is 7.73. The molecule has 0 aliphatic carbocycles. The summed E-state index contributed by atoms with van der Waals surface area (Å²) in [6, 6.07) is 16.1. The Morgan fingerprint density at radius 2 is 1.77 bits per heavy atom. The Labute approximate surface area is 204 Å². The number of rotatable bonds is 9. The molecule has 2 rings (SSSR count). The minimum Gasteiger partial charge on any atom is -0.357 e. The Kier molecular flexibility index (Phi) is 12.2. The second-order valence-electron chi connectivity index (χ2n) is 7.71. The highest BCUT2D eigenvalue weighted by molar-refractivity contribution is 14.0. The van der Waals surface area contributed by atoms with E-state index >= 15 is 0 Å². The van der Waals surface area contributed by atoms with Gasteiger partial charge in [-0.25, -0.2) is 4.99 Å². The molecule has 0 saturated carbocycles. The summed E-state index contributed by atoms with van der Waals surface area (Å²) in [6.07, 6.45) is 0. The molecule has 2 aromatic rings. The van der Waals surface area contributed by atoms with Crippen molar-refractivity contribution in [3.05, 3.63) is 70.8 Å². The van der Waals surface area contributed by atoms with E-state index in [1.807, 2.05) is 50.3 Å². The quantitative estimate of drug-likeness (QED) is 0.292. The summed E-state index contributed by atoms with van der Waals surface area (Å²) in [5.74, 6) is 0.799. The molecular formula is C24H36IN5O. The van der Waals surface area contributed by atoms with Crippen molar-refractivity contribution in [2.75, 3.05) is 40.8 Å². The molecule has 0 atom stereocenters. The molecule has 0 bridgehead atoms. The number of carbonyl (C=O) groups is 1. The lowest BCUT2D eigenvalue weighted by Crippen LogP contribution is -2.38. The topological polar surface area (TPSA) is 60.0 Å². The molecule has 0 radical (unpaired) electrons. The third-order valence-corrected chi connectivity index (χ3v) is 4.81. The maximum Gasteiger partial charge on any atom is 0.251 e. The van der Waals surface area contributed by atoms with Gasteiger partial charge in [-0.3, -0.25) is 4.79 Å². The number of amides is 1. The molecule has 0 saturated heterocycles. The van der Waals surface area contributed by atoms with Crippen molar-refractivity contribution in [3.8, 4) is 0 Å². The number of guanidine groups is 1. The SMILES string of the molecule is CCNC(=NCc1cccc(C(=O)NCCN(C)C)c1)N(C)Cc1ccccc1C.I. The fraction of sp³-hybridized carbons (Fsp3) is 0.417. The fourth-order valence-electron chi connectivity index (χ4n) is 3.06. The van der Waals surface area contributed by atoms with Crippen LogP contribution in [0.4, 0.5) is 0 Å². The first-order chi connectivity index (χ1) is 14.4. The first-order valence-electron chi connectivity index (χ1n) is 10.5. The van der Waals surface area contributed by atoms with Crippen LogP contribution in [-0.4, -0.2) is 62.4 Å². The molecule has 6 nitrogen and oxygen atoms in total. The number of halogens is 1. The molecule has 0 spiro atoms. The zero-order valence-corrected chi connectivity index (χ0v) is 21.6. The maximum atomic E-state index is 12.4. The number of likely N-dealkylation sites (N-methyl/N-ethyl adjacent to an activating group) is 1. The van der Waals surface area contributed by atoms with Crippen LogP contribution >= 0.6 is 24.0 Å². The summed E-state index contributed by atoms with van der Waals surface area (Å²) in [5, 5.41) is 6.32. The van der Waals surface area contributed by atoms with Crippen LogP contribution in [-0.2, 0) is 13.1 Å². The van der Waals surface area contributed by atoms with E-state index in [0.29, 0.717) is 18.7 Å². The maximum absolute atomic E-state index is 12.4. The number of hydrogen-bond donors (Lipinski definition) is 2. The van der Waals surface area contributed by atoms with E-state index in [1.54, 1.807) is 0 Å². The van der Waals surface area contributed by atoms with Crippen molar-refractivity contribution in [3.63, 3.8) is 0 Å². The van der Waals surface area contributed by atoms with Gasteiger partial charge in [-0.15, -0.1) is 24.0 Å². The standard InChI is InChI=1S/C24H35N5O.HI/c1-6-25-24(29(5)18-22-12-8-7-10-19(22)2)27-17-20-11-9-13-21(16-20)23(30)26-14-15-28(3)4;/h7-13,16H,6,14-15,17-18H2,1-5H3,(H,25,27)(H,26,30);1H. The second kappa shape index (κ2) is 14.0. The van der Waals surface area contributed by atoms with Crippen molar-refractivity contribution < 1.29 is 4.79 Å². The Hall–Kier alpha value is -2.13. The molecule has 0 heterocycles. The molecule has 0 aliphatic heterocycles. The van der Waals surface area contributed by atoms with E-state index in [1.165, 1.54) is 11.1 Å². The third kappa shape index (κ3) is 9.26. The summed E-state index contributed by atoms with van der Waals surface area (Å²) in [4.78, 5) is 21.3. The lowest BCUT2D eigenvalue weighted by molar-refractivity contribution is 0.0951. The average molecular weight is 537 g/mol. The monoisotopic (exact) mass is 537 g/mol. The van der Waals surface area contributed by atoms with Crippen LogP contribution < -0.4 is 10.6 Å². The molecule has 7 heteroatoms. The number of benzene rings is 2. The number of aryl methyl sites for hydroxylation is 1. The average Bonchev–Trinajstić information content (AvgIpc) is 2.72. The second-order valence-corrected chi connectivity index (χ2v) is 7.71. The number of hydrogen-bond acceptors (Lipinski definition) is 3. The Bertz CT molecular complexity index is 853. The van der Waals surface area contributed by atoms with Gasteiger partial charge >= 0.3 is 0 Å². The molecule has 2 N–H and O–H groups in total. The number of nitrogens with zero attached hydrogens (tertiary/aromatic N) is 3. The van der Waals surface area contributed by atoms with Gasteiger partial charge in [-0.1, -0.05) is 36.4 Å². The number of nitrogens with one attached hydrogen (secondary N) is 2. The molecular weight excluding hydrogens is 501 g/mol. The summed E-state index contributed by atoms with van der Waals surface area (Å²) in [7, 11) is 6.02. The van der Waals surface area contributed by atoms with Crippen LogP contribution in [0, 0.1) is 6.92 Å². The normalized spacial score (nSPS) is 11.1. The molecule has 1 amide bonds. The van der Waals surface area contributed by atoms with Gasteiger partial charge in [0.05, 0.1) is 6.54 Å². The van der Waals surface area contributed by atoms with E-state index in [0.717, 1.165) is 31.2 Å². The highest BCUT2D eigenvalue weighted by Gasteiger charge is 2.09. The van der Waals surface area contributed by atoms with E-state index < -0.39 is 0 Å². The van der Waals surface area contributed by atoms with E-state index in [4.69, 9.17) is 4.99 Å². The molecule has 170 valence electrons. The Morgan fingerprint density at radius 3 is 2.45 bits per heavy atom. The van der Waals surface area contributed by atoms with Crippen LogP contribution in [0.5, 0.6) is 0 Å². The van der Waals surface area contributed by atoms with E-state index in [9.17, 15) is 4.79 Å². The predicted molar refractivity (Wildman–Crippen MR) is 140 cm³/mol. The number of carbonyl (C=O) groups excluding carboxylic acids is 1. The van der Waals surface area contributed by atoms with Gasteiger partial charge in [-0.05, 0) is 56.8 Å². The zero-order valence-electron chi connectivity index (χ0n) is 19.3. The molecule has 2 aromatic carbocycles. The fourth-order valence-corrected chi connectivity index (χ4v) is 3.06. The molecule has 0 aromatic heterocycles. The van der Waals surface area contributed by atoms with Crippen LogP contribution in [0.2, 0.25) is 0 Å². The van der Waals surface area contributed by atoms with Gasteiger partial charge in [0, 0.05) is 38.8 Å².